The van der Waals surface area contributed by atoms with Gasteiger partial charge in [-0.15, -0.1) is 0 Å². The summed E-state index contributed by atoms with van der Waals surface area (Å²) in [6.07, 6.45) is -0.105. The van der Waals surface area contributed by atoms with E-state index in [1.165, 1.54) is 11.1 Å². The third kappa shape index (κ3) is 4.11. The first-order valence-electron chi connectivity index (χ1n) is 8.25. The maximum atomic E-state index is 9.86. The molecule has 0 radical (unpaired) electrons. The average molecular weight is 300 g/mol. The number of aliphatic hydroxyl groups is 1. The van der Waals surface area contributed by atoms with Crippen LogP contribution in [0.15, 0.2) is 48.5 Å². The van der Waals surface area contributed by atoms with Crippen LogP contribution in [0.2, 0.25) is 0 Å². The number of benzene rings is 2. The molecule has 0 saturated heterocycles. The summed E-state index contributed by atoms with van der Waals surface area (Å²) in [6.45, 7) is 10.1. The van der Waals surface area contributed by atoms with Crippen molar-refractivity contribution in [2.45, 2.75) is 53.2 Å². The van der Waals surface area contributed by atoms with E-state index >= 15 is 0 Å². The summed E-state index contributed by atoms with van der Waals surface area (Å²) < 4.78 is 5.48. The molecular formula is C20H28O2. The van der Waals surface area contributed by atoms with E-state index in [0.29, 0.717) is 6.42 Å². The summed E-state index contributed by atoms with van der Waals surface area (Å²) in [5, 5.41) is 9.86. The van der Waals surface area contributed by atoms with E-state index < -0.39 is 6.29 Å². The minimum atomic E-state index is -0.718. The summed E-state index contributed by atoms with van der Waals surface area (Å²) in [4.78, 5) is 0. The lowest BCUT2D eigenvalue weighted by atomic mass is 9.84. The number of hydrogen-bond donors (Lipinski definition) is 1. The molecule has 22 heavy (non-hydrogen) atoms. The molecule has 1 heterocycles. The van der Waals surface area contributed by atoms with Gasteiger partial charge in [-0.1, -0.05) is 70.2 Å². The molecule has 2 aromatic carbocycles. The fourth-order valence-corrected chi connectivity index (χ4v) is 2.67. The molecule has 120 valence electrons. The lowest BCUT2D eigenvalue weighted by Gasteiger charge is -2.30. The molecule has 1 aliphatic rings. The highest BCUT2D eigenvalue weighted by Gasteiger charge is 2.28. The SMILES string of the molecule is CC.CC.Cc1ccccc1[C@@H]1CC(O)Oc2ccccc21. The fraction of sp³-hybridized carbons (Fsp3) is 0.400. The molecule has 0 fully saturated rings. The molecule has 1 N–H and O–H groups in total. The molecule has 2 heteroatoms. The molecule has 2 aromatic rings. The van der Waals surface area contributed by atoms with Gasteiger partial charge in [-0.25, -0.2) is 0 Å². The van der Waals surface area contributed by atoms with Crippen LogP contribution < -0.4 is 4.74 Å². The van der Waals surface area contributed by atoms with E-state index in [9.17, 15) is 5.11 Å². The maximum absolute atomic E-state index is 9.86. The van der Waals surface area contributed by atoms with Gasteiger partial charge in [0.05, 0.1) is 0 Å². The van der Waals surface area contributed by atoms with Crippen LogP contribution in [0.25, 0.3) is 0 Å². The third-order valence-corrected chi connectivity index (χ3v) is 3.56. The van der Waals surface area contributed by atoms with Crippen LogP contribution in [0, 0.1) is 6.92 Å². The predicted molar refractivity (Wildman–Crippen MR) is 93.4 cm³/mol. The van der Waals surface area contributed by atoms with Crippen LogP contribution in [-0.4, -0.2) is 11.4 Å². The Balaban J connectivity index is 0.000000561. The maximum Gasteiger partial charge on any atom is 0.198 e. The zero-order chi connectivity index (χ0) is 16.5. The number of aryl methyl sites for hydroxylation is 1. The summed E-state index contributed by atoms with van der Waals surface area (Å²) in [6, 6.07) is 16.3. The van der Waals surface area contributed by atoms with Crippen LogP contribution >= 0.6 is 0 Å². The first-order chi connectivity index (χ1) is 10.8. The number of hydrogen-bond acceptors (Lipinski definition) is 2. The van der Waals surface area contributed by atoms with Crippen molar-refractivity contribution in [2.24, 2.45) is 0 Å². The number of para-hydroxylation sites is 1. The standard InChI is InChI=1S/C16H16O2.2C2H6/c1-11-6-2-3-7-12(11)14-10-16(17)18-15-9-5-4-8-13(14)15;2*1-2/h2-9,14,16-17H,10H2,1H3;2*1-2H3/t14-,16?;;/m0../s1. The van der Waals surface area contributed by atoms with Gasteiger partial charge in [0.2, 0.25) is 0 Å². The fourth-order valence-electron chi connectivity index (χ4n) is 2.67. The second-order valence-electron chi connectivity index (χ2n) is 4.76. The van der Waals surface area contributed by atoms with Crippen molar-refractivity contribution in [3.63, 3.8) is 0 Å². The van der Waals surface area contributed by atoms with Gasteiger partial charge in [-0.3, -0.25) is 0 Å². The second-order valence-corrected chi connectivity index (χ2v) is 4.76. The Labute approximate surface area is 134 Å². The topological polar surface area (TPSA) is 29.5 Å². The normalized spacial score (nSPS) is 18.6. The third-order valence-electron chi connectivity index (χ3n) is 3.56. The Bertz CT molecular complexity index is 563. The summed E-state index contributed by atoms with van der Waals surface area (Å²) in [7, 11) is 0. The highest BCUT2D eigenvalue weighted by molar-refractivity contribution is 5.45. The Morgan fingerprint density at radius 1 is 0.864 bits per heavy atom. The first-order valence-corrected chi connectivity index (χ1v) is 8.25. The van der Waals surface area contributed by atoms with E-state index in [-0.39, 0.29) is 5.92 Å². The Morgan fingerprint density at radius 2 is 1.41 bits per heavy atom. The Morgan fingerprint density at radius 3 is 2.05 bits per heavy atom. The predicted octanol–water partition coefficient (Wildman–Crippen LogP) is 5.28. The molecule has 2 atom stereocenters. The summed E-state index contributed by atoms with van der Waals surface area (Å²) >= 11 is 0. The number of aliphatic hydroxyl groups excluding tert-OH is 1. The van der Waals surface area contributed by atoms with E-state index in [2.05, 4.69) is 25.1 Å². The van der Waals surface area contributed by atoms with Crippen molar-refractivity contribution < 1.29 is 9.84 Å². The zero-order valence-electron chi connectivity index (χ0n) is 14.3. The van der Waals surface area contributed by atoms with Gasteiger partial charge in [0.1, 0.15) is 5.75 Å². The minimum absolute atomic E-state index is 0.214. The lowest BCUT2D eigenvalue weighted by Crippen LogP contribution is -2.25. The van der Waals surface area contributed by atoms with Crippen molar-refractivity contribution in [2.75, 3.05) is 0 Å². The molecule has 0 bridgehead atoms. The molecule has 0 amide bonds. The van der Waals surface area contributed by atoms with Crippen molar-refractivity contribution in [3.8, 4) is 5.75 Å². The van der Waals surface area contributed by atoms with Gasteiger partial charge in [-0.05, 0) is 24.1 Å². The monoisotopic (exact) mass is 300 g/mol. The first kappa shape index (κ1) is 18.2. The number of fused-ring (bicyclic) bond motifs is 1. The molecule has 0 aliphatic carbocycles. The lowest BCUT2D eigenvalue weighted by molar-refractivity contribution is -0.0359. The molecule has 3 rings (SSSR count). The van der Waals surface area contributed by atoms with Gasteiger partial charge >= 0.3 is 0 Å². The molecular weight excluding hydrogens is 272 g/mol. The van der Waals surface area contributed by atoms with E-state index in [4.69, 9.17) is 4.74 Å². The van der Waals surface area contributed by atoms with Crippen LogP contribution in [0.4, 0.5) is 0 Å². The van der Waals surface area contributed by atoms with Crippen LogP contribution in [0.5, 0.6) is 5.75 Å². The summed E-state index contributed by atoms with van der Waals surface area (Å²) in [5.41, 5.74) is 3.69. The second kappa shape index (κ2) is 9.26. The number of rotatable bonds is 1. The highest BCUT2D eigenvalue weighted by atomic mass is 16.6. The van der Waals surface area contributed by atoms with E-state index in [1.807, 2.05) is 58.0 Å². The van der Waals surface area contributed by atoms with Crippen molar-refractivity contribution in [1.82, 2.24) is 0 Å². The quantitative estimate of drug-likeness (QED) is 0.776. The molecule has 2 nitrogen and oxygen atoms in total. The molecule has 0 spiro atoms. The Hall–Kier alpha value is -1.80. The van der Waals surface area contributed by atoms with Gasteiger partial charge in [-0.2, -0.15) is 0 Å². The smallest absolute Gasteiger partial charge is 0.198 e. The van der Waals surface area contributed by atoms with Crippen LogP contribution in [0.1, 0.15) is 56.7 Å². The average Bonchev–Trinajstić information content (AvgIpc) is 2.58. The van der Waals surface area contributed by atoms with Gasteiger partial charge in [0, 0.05) is 17.9 Å². The van der Waals surface area contributed by atoms with Crippen molar-refractivity contribution >= 4 is 0 Å². The highest BCUT2D eigenvalue weighted by Crippen LogP contribution is 2.40. The van der Waals surface area contributed by atoms with Crippen molar-refractivity contribution in [1.29, 1.82) is 0 Å². The largest absolute Gasteiger partial charge is 0.465 e. The Kier molecular flexibility index (Phi) is 7.69. The minimum Gasteiger partial charge on any atom is -0.465 e. The van der Waals surface area contributed by atoms with Crippen LogP contribution in [0.3, 0.4) is 0 Å². The molecule has 1 aliphatic heterocycles. The number of ether oxygens (including phenoxy) is 1. The van der Waals surface area contributed by atoms with E-state index in [0.717, 1.165) is 11.3 Å². The molecule has 1 unspecified atom stereocenters. The van der Waals surface area contributed by atoms with Gasteiger partial charge in [0.25, 0.3) is 0 Å². The van der Waals surface area contributed by atoms with Crippen LogP contribution in [-0.2, 0) is 0 Å². The summed E-state index contributed by atoms with van der Waals surface area (Å²) in [5.74, 6) is 1.01. The zero-order valence-corrected chi connectivity index (χ0v) is 14.3. The van der Waals surface area contributed by atoms with Gasteiger partial charge < -0.3 is 9.84 Å². The van der Waals surface area contributed by atoms with Gasteiger partial charge in [0.15, 0.2) is 6.29 Å². The molecule has 0 aromatic heterocycles. The van der Waals surface area contributed by atoms with Crippen molar-refractivity contribution in [3.05, 3.63) is 65.2 Å². The van der Waals surface area contributed by atoms with E-state index in [1.54, 1.807) is 0 Å². The molecule has 0 saturated carbocycles.